The van der Waals surface area contributed by atoms with E-state index in [-0.39, 0.29) is 37.9 Å². The normalized spacial score (nSPS) is 12.5. The molecule has 4 rings (SSSR count). The van der Waals surface area contributed by atoms with Crippen molar-refractivity contribution in [2.45, 2.75) is 13.5 Å². The average Bonchev–Trinajstić information content (AvgIpc) is 2.84. The second-order valence-electron chi connectivity index (χ2n) is 7.88. The van der Waals surface area contributed by atoms with Crippen molar-refractivity contribution in [3.8, 4) is 11.5 Å². The summed E-state index contributed by atoms with van der Waals surface area (Å²) in [6.45, 7) is 1.53. The molecular formula is C26H23FN2O5. The Bertz CT molecular complexity index is 1210. The Hall–Kier alpha value is -4.20. The Kier molecular flexibility index (Phi) is 6.87. The van der Waals surface area contributed by atoms with Crippen molar-refractivity contribution in [3.63, 3.8) is 0 Å². The van der Waals surface area contributed by atoms with Gasteiger partial charge in [0, 0.05) is 12.1 Å². The highest BCUT2D eigenvalue weighted by Crippen LogP contribution is 2.33. The summed E-state index contributed by atoms with van der Waals surface area (Å²) in [7, 11) is 0. The van der Waals surface area contributed by atoms with Crippen LogP contribution in [-0.4, -0.2) is 37.4 Å². The van der Waals surface area contributed by atoms with Crippen LogP contribution in [0.2, 0.25) is 0 Å². The van der Waals surface area contributed by atoms with Crippen LogP contribution in [0.25, 0.3) is 0 Å². The van der Waals surface area contributed by atoms with E-state index in [0.717, 1.165) is 11.1 Å². The third kappa shape index (κ3) is 5.58. The van der Waals surface area contributed by atoms with Crippen LogP contribution in [0, 0.1) is 12.7 Å². The molecule has 1 N–H and O–H groups in total. The molecule has 3 aromatic carbocycles. The number of fused-ring (bicyclic) bond motifs is 1. The van der Waals surface area contributed by atoms with Crippen molar-refractivity contribution in [2.24, 2.45) is 0 Å². The molecule has 1 aliphatic rings. The lowest BCUT2D eigenvalue weighted by atomic mass is 10.1. The van der Waals surface area contributed by atoms with E-state index in [1.165, 1.54) is 23.1 Å². The van der Waals surface area contributed by atoms with Gasteiger partial charge in [-0.3, -0.25) is 19.3 Å². The molecule has 7 nitrogen and oxygen atoms in total. The third-order valence-corrected chi connectivity index (χ3v) is 5.32. The number of nitrogens with zero attached hydrogens (tertiary/aromatic N) is 1. The lowest BCUT2D eigenvalue weighted by Gasteiger charge is -2.29. The number of amides is 2. The van der Waals surface area contributed by atoms with Crippen LogP contribution in [-0.2, 0) is 16.1 Å². The number of carbonyl (C=O) groups is 3. The van der Waals surface area contributed by atoms with Gasteiger partial charge >= 0.3 is 0 Å². The number of ketones is 1. The molecule has 2 amide bonds. The smallest absolute Gasteiger partial charge is 0.265 e. The minimum absolute atomic E-state index is 0.172. The van der Waals surface area contributed by atoms with Gasteiger partial charge in [0.1, 0.15) is 23.9 Å². The van der Waals surface area contributed by atoms with Crippen LogP contribution in [0.3, 0.4) is 0 Å². The van der Waals surface area contributed by atoms with Crippen LogP contribution < -0.4 is 19.7 Å². The standard InChI is InChI=1S/C26H23FN2O5/c1-17-2-9-21(10-3-17)33-15-23(30)19-6-11-24-22(12-19)29(26(32)16-34-24)14-25(31)28-13-18-4-7-20(27)8-5-18/h2-12H,13-16H2,1H3,(H,28,31). The number of nitrogens with one attached hydrogen (secondary N) is 1. The van der Waals surface area contributed by atoms with E-state index in [1.54, 1.807) is 36.4 Å². The van der Waals surface area contributed by atoms with Crippen molar-refractivity contribution in [2.75, 3.05) is 24.7 Å². The summed E-state index contributed by atoms with van der Waals surface area (Å²) in [4.78, 5) is 39.0. The minimum atomic E-state index is -0.398. The molecule has 8 heteroatoms. The topological polar surface area (TPSA) is 84.9 Å². The van der Waals surface area contributed by atoms with Crippen LogP contribution >= 0.6 is 0 Å². The summed E-state index contributed by atoms with van der Waals surface area (Å²) in [5.74, 6) is -0.450. The molecule has 0 aromatic heterocycles. The highest BCUT2D eigenvalue weighted by molar-refractivity contribution is 6.04. The number of hydrogen-bond donors (Lipinski definition) is 1. The quantitative estimate of drug-likeness (QED) is 0.519. The van der Waals surface area contributed by atoms with E-state index < -0.39 is 11.8 Å². The lowest BCUT2D eigenvalue weighted by molar-refractivity contribution is -0.125. The number of halogens is 1. The van der Waals surface area contributed by atoms with E-state index in [1.807, 2.05) is 19.1 Å². The summed E-state index contributed by atoms with van der Waals surface area (Å²) < 4.78 is 24.1. The van der Waals surface area contributed by atoms with Crippen molar-refractivity contribution in [1.29, 1.82) is 0 Å². The fourth-order valence-corrected chi connectivity index (χ4v) is 3.42. The molecule has 3 aromatic rings. The second-order valence-corrected chi connectivity index (χ2v) is 7.88. The van der Waals surface area contributed by atoms with E-state index in [9.17, 15) is 18.8 Å². The third-order valence-electron chi connectivity index (χ3n) is 5.32. The van der Waals surface area contributed by atoms with Gasteiger partial charge in [-0.1, -0.05) is 29.8 Å². The average molecular weight is 462 g/mol. The maximum Gasteiger partial charge on any atom is 0.265 e. The van der Waals surface area contributed by atoms with Gasteiger partial charge in [0.25, 0.3) is 5.91 Å². The summed E-state index contributed by atoms with van der Waals surface area (Å²) in [5.41, 5.74) is 2.49. The lowest BCUT2D eigenvalue weighted by Crippen LogP contribution is -2.45. The van der Waals surface area contributed by atoms with Crippen LogP contribution in [0.5, 0.6) is 11.5 Å². The van der Waals surface area contributed by atoms with E-state index >= 15 is 0 Å². The number of benzene rings is 3. The Labute approximate surface area is 196 Å². The van der Waals surface area contributed by atoms with E-state index in [2.05, 4.69) is 5.32 Å². The fraction of sp³-hybridized carbons (Fsp3) is 0.192. The molecule has 0 saturated heterocycles. The Balaban J connectivity index is 1.42. The largest absolute Gasteiger partial charge is 0.485 e. The maximum atomic E-state index is 13.0. The van der Waals surface area contributed by atoms with Gasteiger partial charge in [-0.05, 0) is 55.0 Å². The Morgan fingerprint density at radius 1 is 1.06 bits per heavy atom. The fourth-order valence-electron chi connectivity index (χ4n) is 3.42. The first-order valence-electron chi connectivity index (χ1n) is 10.7. The number of anilines is 1. The monoisotopic (exact) mass is 462 g/mol. The van der Waals surface area contributed by atoms with Gasteiger partial charge in [0.2, 0.25) is 5.91 Å². The molecule has 0 aliphatic carbocycles. The zero-order valence-corrected chi connectivity index (χ0v) is 18.5. The predicted molar refractivity (Wildman–Crippen MR) is 124 cm³/mol. The van der Waals surface area contributed by atoms with Gasteiger partial charge in [0.05, 0.1) is 5.69 Å². The summed E-state index contributed by atoms with van der Waals surface area (Å²) in [6, 6.07) is 17.8. The van der Waals surface area contributed by atoms with Gasteiger partial charge < -0.3 is 14.8 Å². The van der Waals surface area contributed by atoms with Gasteiger partial charge in [0.15, 0.2) is 19.0 Å². The highest BCUT2D eigenvalue weighted by atomic mass is 19.1. The zero-order chi connectivity index (χ0) is 24.1. The molecule has 0 spiro atoms. The molecule has 0 radical (unpaired) electrons. The summed E-state index contributed by atoms with van der Waals surface area (Å²) in [6.07, 6.45) is 0. The van der Waals surface area contributed by atoms with Gasteiger partial charge in [-0.2, -0.15) is 0 Å². The molecule has 0 saturated carbocycles. The Morgan fingerprint density at radius 2 is 1.79 bits per heavy atom. The first-order valence-corrected chi connectivity index (χ1v) is 10.7. The molecule has 0 bridgehead atoms. The number of ether oxygens (including phenoxy) is 2. The molecule has 34 heavy (non-hydrogen) atoms. The molecular weight excluding hydrogens is 439 g/mol. The number of aryl methyl sites for hydroxylation is 1. The van der Waals surface area contributed by atoms with Crippen LogP contribution in [0.15, 0.2) is 66.7 Å². The SMILES string of the molecule is Cc1ccc(OCC(=O)c2ccc3c(c2)N(CC(=O)NCc2ccc(F)cc2)C(=O)CO3)cc1. The molecule has 0 atom stereocenters. The number of carbonyl (C=O) groups excluding carboxylic acids is 3. The molecule has 1 heterocycles. The minimum Gasteiger partial charge on any atom is -0.485 e. The zero-order valence-electron chi connectivity index (χ0n) is 18.5. The second kappa shape index (κ2) is 10.2. The van der Waals surface area contributed by atoms with Crippen LogP contribution in [0.4, 0.5) is 10.1 Å². The maximum absolute atomic E-state index is 13.0. The summed E-state index contributed by atoms with van der Waals surface area (Å²) in [5, 5.41) is 2.71. The summed E-state index contributed by atoms with van der Waals surface area (Å²) >= 11 is 0. The van der Waals surface area contributed by atoms with Gasteiger partial charge in [-0.15, -0.1) is 0 Å². The number of rotatable bonds is 8. The van der Waals surface area contributed by atoms with Gasteiger partial charge in [-0.25, -0.2) is 4.39 Å². The van der Waals surface area contributed by atoms with Crippen molar-refractivity contribution in [1.82, 2.24) is 5.32 Å². The molecule has 0 unspecified atom stereocenters. The first kappa shape index (κ1) is 23.0. The van der Waals surface area contributed by atoms with Crippen LogP contribution in [0.1, 0.15) is 21.5 Å². The molecule has 0 fully saturated rings. The Morgan fingerprint density at radius 3 is 2.53 bits per heavy atom. The molecule has 1 aliphatic heterocycles. The van der Waals surface area contributed by atoms with E-state index in [4.69, 9.17) is 9.47 Å². The highest BCUT2D eigenvalue weighted by Gasteiger charge is 2.28. The number of Topliss-reactive ketones (excluding diaryl/α,β-unsaturated/α-hetero) is 1. The van der Waals surface area contributed by atoms with Crippen molar-refractivity contribution < 1.29 is 28.2 Å². The first-order chi connectivity index (χ1) is 16.4. The molecule has 174 valence electrons. The predicted octanol–water partition coefficient (Wildman–Crippen LogP) is 3.44. The van der Waals surface area contributed by atoms with Crippen molar-refractivity contribution in [3.05, 3.63) is 89.2 Å². The van der Waals surface area contributed by atoms with Crippen molar-refractivity contribution >= 4 is 23.3 Å². The van der Waals surface area contributed by atoms with E-state index in [0.29, 0.717) is 22.7 Å². The number of hydrogen-bond acceptors (Lipinski definition) is 5.